The molecule has 0 unspecified atom stereocenters. The Bertz CT molecular complexity index is 1330. The van der Waals surface area contributed by atoms with E-state index in [0.29, 0.717) is 13.1 Å². The molecule has 2 aromatic heterocycles. The molecule has 0 radical (unpaired) electrons. The molecule has 2 atom stereocenters. The number of fused-ring (bicyclic) bond motifs is 1. The number of nitrogens with one attached hydrogen (secondary N) is 1. The van der Waals surface area contributed by atoms with Gasteiger partial charge in [-0.15, -0.1) is 0 Å². The lowest BCUT2D eigenvalue weighted by atomic mass is 10.1. The van der Waals surface area contributed by atoms with Crippen molar-refractivity contribution in [1.29, 1.82) is 0 Å². The zero-order valence-corrected chi connectivity index (χ0v) is 17.8. The summed E-state index contributed by atoms with van der Waals surface area (Å²) in [4.78, 5) is -0.00341. The molecule has 3 heterocycles. The van der Waals surface area contributed by atoms with Crippen molar-refractivity contribution in [3.05, 3.63) is 66.9 Å². The molecule has 4 aromatic rings. The Hall–Kier alpha value is -3.04. The number of aromatic amines is 1. The van der Waals surface area contributed by atoms with Gasteiger partial charge in [-0.2, -0.15) is 14.5 Å². The second-order valence-electron chi connectivity index (χ2n) is 8.07. The van der Waals surface area contributed by atoms with Crippen LogP contribution < -0.4 is 0 Å². The standard InChI is InChI=1S/C22H22FN5O2S/c1-15-7-16(14-28(15)31(29,30)21-4-2-3-20(23)9-21)13-27-22-6-5-17(8-18(22)12-26-27)19-10-24-25-11-19/h2-6,8-12,15-16H,7,13-14H2,1H3,(H,24,25)/t15-,16+/m1/s1. The van der Waals surface area contributed by atoms with Crippen LogP contribution in [0.3, 0.4) is 0 Å². The van der Waals surface area contributed by atoms with Crippen LogP contribution in [0.25, 0.3) is 22.0 Å². The van der Waals surface area contributed by atoms with Gasteiger partial charge in [0.1, 0.15) is 5.82 Å². The van der Waals surface area contributed by atoms with E-state index in [1.807, 2.05) is 36.1 Å². The maximum Gasteiger partial charge on any atom is 0.243 e. The van der Waals surface area contributed by atoms with Gasteiger partial charge in [0.05, 0.1) is 22.8 Å². The summed E-state index contributed by atoms with van der Waals surface area (Å²) < 4.78 is 43.1. The van der Waals surface area contributed by atoms with Crippen molar-refractivity contribution in [2.75, 3.05) is 6.54 Å². The molecule has 2 aromatic carbocycles. The fraction of sp³-hybridized carbons (Fsp3) is 0.273. The van der Waals surface area contributed by atoms with Crippen LogP contribution in [-0.2, 0) is 16.6 Å². The molecule has 0 spiro atoms. The maximum absolute atomic E-state index is 13.6. The van der Waals surface area contributed by atoms with E-state index < -0.39 is 15.8 Å². The first-order chi connectivity index (χ1) is 14.9. The molecule has 0 aliphatic carbocycles. The van der Waals surface area contributed by atoms with Crippen LogP contribution in [0.4, 0.5) is 4.39 Å². The van der Waals surface area contributed by atoms with Gasteiger partial charge in [0.2, 0.25) is 10.0 Å². The zero-order valence-electron chi connectivity index (χ0n) is 16.9. The van der Waals surface area contributed by atoms with Gasteiger partial charge in [-0.1, -0.05) is 12.1 Å². The third-order valence-corrected chi connectivity index (χ3v) is 7.89. The minimum Gasteiger partial charge on any atom is -0.285 e. The van der Waals surface area contributed by atoms with E-state index in [4.69, 9.17) is 0 Å². The quantitative estimate of drug-likeness (QED) is 0.514. The van der Waals surface area contributed by atoms with Crippen LogP contribution in [0.15, 0.2) is 66.0 Å². The second-order valence-corrected chi connectivity index (χ2v) is 9.96. The summed E-state index contributed by atoms with van der Waals surface area (Å²) in [6.07, 6.45) is 6.18. The number of nitrogens with zero attached hydrogens (tertiary/aromatic N) is 4. The lowest BCUT2D eigenvalue weighted by Gasteiger charge is -2.21. The summed E-state index contributed by atoms with van der Waals surface area (Å²) >= 11 is 0. The molecule has 1 N–H and O–H groups in total. The van der Waals surface area contributed by atoms with E-state index in [0.717, 1.165) is 34.5 Å². The molecule has 31 heavy (non-hydrogen) atoms. The van der Waals surface area contributed by atoms with E-state index in [2.05, 4.69) is 21.4 Å². The smallest absolute Gasteiger partial charge is 0.243 e. The highest BCUT2D eigenvalue weighted by Gasteiger charge is 2.38. The SMILES string of the molecule is C[C@@H]1C[C@@H](Cn2ncc3cc(-c4cn[nH]c4)ccc32)CN1S(=O)(=O)c1cccc(F)c1. The highest BCUT2D eigenvalue weighted by Crippen LogP contribution is 2.31. The number of halogens is 1. The van der Waals surface area contributed by atoms with Crippen molar-refractivity contribution in [2.45, 2.75) is 30.8 Å². The van der Waals surface area contributed by atoms with Gasteiger partial charge < -0.3 is 0 Å². The highest BCUT2D eigenvalue weighted by atomic mass is 32.2. The minimum atomic E-state index is -3.74. The van der Waals surface area contributed by atoms with E-state index in [1.54, 1.807) is 6.20 Å². The Morgan fingerprint density at radius 3 is 2.81 bits per heavy atom. The molecule has 1 aliphatic rings. The Morgan fingerprint density at radius 2 is 2.03 bits per heavy atom. The first-order valence-electron chi connectivity index (χ1n) is 10.1. The van der Waals surface area contributed by atoms with E-state index in [1.165, 1.54) is 22.5 Å². The number of hydrogen-bond donors (Lipinski definition) is 1. The molecule has 7 nitrogen and oxygen atoms in total. The summed E-state index contributed by atoms with van der Waals surface area (Å²) in [7, 11) is -3.74. The Kier molecular flexibility index (Phi) is 4.86. The molecule has 0 bridgehead atoms. The summed E-state index contributed by atoms with van der Waals surface area (Å²) in [6.45, 7) is 2.90. The third-order valence-electron chi connectivity index (χ3n) is 5.91. The molecular formula is C22H22FN5O2S. The first kappa shape index (κ1) is 19.9. The topological polar surface area (TPSA) is 83.9 Å². The van der Waals surface area contributed by atoms with E-state index in [9.17, 15) is 12.8 Å². The largest absolute Gasteiger partial charge is 0.285 e. The lowest BCUT2D eigenvalue weighted by molar-refractivity contribution is 0.396. The predicted octanol–water partition coefficient (Wildman–Crippen LogP) is 3.66. The number of aromatic nitrogens is 4. The summed E-state index contributed by atoms with van der Waals surface area (Å²) in [6, 6.07) is 11.2. The zero-order chi connectivity index (χ0) is 21.6. The van der Waals surface area contributed by atoms with E-state index >= 15 is 0 Å². The predicted molar refractivity (Wildman–Crippen MR) is 115 cm³/mol. The third kappa shape index (κ3) is 3.64. The van der Waals surface area contributed by atoms with Gasteiger partial charge in [-0.25, -0.2) is 12.8 Å². The maximum atomic E-state index is 13.6. The van der Waals surface area contributed by atoms with Crippen LogP contribution in [0.5, 0.6) is 0 Å². The number of benzene rings is 2. The minimum absolute atomic E-state index is 0.00341. The molecule has 5 rings (SSSR count). The normalized spacial score (nSPS) is 19.9. The van der Waals surface area contributed by atoms with Crippen LogP contribution >= 0.6 is 0 Å². The fourth-order valence-corrected chi connectivity index (χ4v) is 6.15. The fourth-order valence-electron chi connectivity index (χ4n) is 4.40. The van der Waals surface area contributed by atoms with Crippen LogP contribution in [0.2, 0.25) is 0 Å². The molecule has 1 aliphatic heterocycles. The van der Waals surface area contributed by atoms with E-state index in [-0.39, 0.29) is 16.9 Å². The summed E-state index contributed by atoms with van der Waals surface area (Å²) in [5.74, 6) is -0.433. The Morgan fingerprint density at radius 1 is 1.16 bits per heavy atom. The van der Waals surface area contributed by atoms with Crippen molar-refractivity contribution >= 4 is 20.9 Å². The Labute approximate surface area is 179 Å². The second kappa shape index (κ2) is 7.58. The number of H-pyrrole nitrogens is 1. The average molecular weight is 440 g/mol. The molecule has 9 heteroatoms. The van der Waals surface area contributed by atoms with Crippen molar-refractivity contribution in [2.24, 2.45) is 5.92 Å². The van der Waals surface area contributed by atoms with Crippen molar-refractivity contribution in [1.82, 2.24) is 24.3 Å². The highest BCUT2D eigenvalue weighted by molar-refractivity contribution is 7.89. The van der Waals surface area contributed by atoms with Gasteiger partial charge in [0, 0.05) is 36.3 Å². The van der Waals surface area contributed by atoms with Gasteiger partial charge in [0.15, 0.2) is 0 Å². The van der Waals surface area contributed by atoms with Gasteiger partial charge in [0.25, 0.3) is 0 Å². The lowest BCUT2D eigenvalue weighted by Crippen LogP contribution is -2.34. The summed E-state index contributed by atoms with van der Waals surface area (Å²) in [5, 5.41) is 12.4. The summed E-state index contributed by atoms with van der Waals surface area (Å²) in [5.41, 5.74) is 3.08. The van der Waals surface area contributed by atoms with Crippen molar-refractivity contribution in [3.8, 4) is 11.1 Å². The average Bonchev–Trinajstić information content (AvgIpc) is 3.49. The Balaban J connectivity index is 1.36. The number of hydrogen-bond acceptors (Lipinski definition) is 4. The van der Waals surface area contributed by atoms with Crippen molar-refractivity contribution in [3.63, 3.8) is 0 Å². The molecule has 160 valence electrons. The molecule has 0 saturated carbocycles. The molecular weight excluding hydrogens is 417 g/mol. The van der Waals surface area contributed by atoms with Crippen molar-refractivity contribution < 1.29 is 12.8 Å². The van der Waals surface area contributed by atoms with Gasteiger partial charge >= 0.3 is 0 Å². The monoisotopic (exact) mass is 439 g/mol. The van der Waals surface area contributed by atoms with Crippen LogP contribution in [-0.4, -0.2) is 45.3 Å². The number of sulfonamides is 1. The van der Waals surface area contributed by atoms with Crippen LogP contribution in [0, 0.1) is 11.7 Å². The number of rotatable bonds is 5. The van der Waals surface area contributed by atoms with Gasteiger partial charge in [-0.3, -0.25) is 9.78 Å². The molecule has 0 amide bonds. The first-order valence-corrected chi connectivity index (χ1v) is 11.6. The van der Waals surface area contributed by atoms with Gasteiger partial charge in [-0.05, 0) is 55.2 Å². The molecule has 1 saturated heterocycles. The van der Waals surface area contributed by atoms with Crippen LogP contribution in [0.1, 0.15) is 13.3 Å². The molecule has 1 fully saturated rings.